The van der Waals surface area contributed by atoms with Crippen LogP contribution in [0.2, 0.25) is 0 Å². The van der Waals surface area contributed by atoms with Crippen molar-refractivity contribution in [2.45, 2.75) is 164 Å². The van der Waals surface area contributed by atoms with Crippen LogP contribution in [-0.4, -0.2) is 34.0 Å². The number of hydrogen-bond donors (Lipinski definition) is 0. The van der Waals surface area contributed by atoms with Crippen LogP contribution in [0.25, 0.3) is 0 Å². The molecule has 38 heavy (non-hydrogen) atoms. The Bertz CT molecular complexity index is 487. The Labute approximate surface area is 269 Å². The molecule has 0 nitrogen and oxygen atoms in total. The molecule has 0 aromatic heterocycles. The Balaban J connectivity index is -0.000000215. The maximum absolute atomic E-state index is 2.52. The minimum atomic E-state index is 0. The monoisotopic (exact) mass is 697 g/mol. The van der Waals surface area contributed by atoms with Gasteiger partial charge in [0.25, 0.3) is 0 Å². The summed E-state index contributed by atoms with van der Waals surface area (Å²) in [5.74, 6) is 0. The Kier molecular flexibility index (Phi) is 31.9. The topological polar surface area (TPSA) is 0 Å². The fourth-order valence-electron chi connectivity index (χ4n) is 7.62. The van der Waals surface area contributed by atoms with Crippen LogP contribution in [0.1, 0.15) is 130 Å². The van der Waals surface area contributed by atoms with Crippen molar-refractivity contribution < 1.29 is 36.5 Å². The fraction of sp³-hybridized carbons (Fsp3) is 0.765. The first-order valence-corrected chi connectivity index (χ1v) is 18.1. The summed E-state index contributed by atoms with van der Waals surface area (Å²) >= 11 is 0. The minimum Gasteiger partial charge on any atom is -0.358 e. The van der Waals surface area contributed by atoms with Gasteiger partial charge in [-0.05, 0) is 130 Å². The van der Waals surface area contributed by atoms with Crippen molar-refractivity contribution in [1.29, 1.82) is 0 Å². The van der Waals surface area contributed by atoms with Gasteiger partial charge in [-0.25, -0.2) is 0 Å². The number of rotatable bonds is 2. The molecule has 4 heteroatoms. The average molecular weight is 698 g/mol. The quantitative estimate of drug-likeness (QED) is 0.117. The van der Waals surface area contributed by atoms with Crippen LogP contribution in [0.5, 0.6) is 0 Å². The summed E-state index contributed by atoms with van der Waals surface area (Å²) in [4.78, 5) is 0. The summed E-state index contributed by atoms with van der Waals surface area (Å²) in [5.41, 5.74) is 6.95. The van der Waals surface area contributed by atoms with Gasteiger partial charge in [0.15, 0.2) is 0 Å². The van der Waals surface area contributed by atoms with Crippen molar-refractivity contribution in [3.8, 4) is 0 Å². The second-order valence-electron chi connectivity index (χ2n) is 11.8. The molecule has 0 unspecified atom stereocenters. The van der Waals surface area contributed by atoms with Crippen LogP contribution in [0, 0.1) is 29.7 Å². The summed E-state index contributed by atoms with van der Waals surface area (Å²) in [6, 6.07) is 0. The molecule has 2 saturated carbocycles. The zero-order chi connectivity index (χ0) is 22.8. The molecule has 0 bridgehead atoms. The third-order valence-corrected chi connectivity index (χ3v) is 18.1. The van der Waals surface area contributed by atoms with Gasteiger partial charge in [0.2, 0.25) is 0 Å². The molecular weight excluding hydrogens is 629 g/mol. The van der Waals surface area contributed by atoms with Gasteiger partial charge in [0, 0.05) is 15.8 Å². The molecule has 0 radical (unpaired) electrons. The molecular formula is C34H68FeP2Rh+3. The Morgan fingerprint density at radius 3 is 0.842 bits per heavy atom. The maximum Gasteiger partial charge on any atom is 3.00 e. The van der Waals surface area contributed by atoms with E-state index in [2.05, 4.69) is 52.0 Å². The van der Waals surface area contributed by atoms with Crippen LogP contribution in [0.3, 0.4) is 0 Å². The van der Waals surface area contributed by atoms with Crippen LogP contribution < -0.4 is 0 Å². The van der Waals surface area contributed by atoms with Gasteiger partial charge in [0.05, 0.1) is 34.0 Å². The summed E-state index contributed by atoms with van der Waals surface area (Å²) < 4.78 is 0. The summed E-state index contributed by atoms with van der Waals surface area (Å²) in [5, 5.41) is 0. The molecule has 0 aromatic carbocycles. The normalized spacial score (nSPS) is 30.8. The summed E-state index contributed by atoms with van der Waals surface area (Å²) in [6.45, 7) is 10.1. The molecule has 228 valence electrons. The van der Waals surface area contributed by atoms with E-state index in [1.165, 1.54) is 62.7 Å². The van der Waals surface area contributed by atoms with E-state index in [-0.39, 0.29) is 82.1 Å². The smallest absolute Gasteiger partial charge is 0.358 e. The molecule has 2 aliphatic heterocycles. The first kappa shape index (κ1) is 46.4. The zero-order valence-electron chi connectivity index (χ0n) is 26.8. The Morgan fingerprint density at radius 2 is 0.632 bits per heavy atom. The van der Waals surface area contributed by atoms with E-state index in [0.29, 0.717) is 0 Å². The van der Waals surface area contributed by atoms with Crippen LogP contribution in [0.4, 0.5) is 0 Å². The first-order valence-electron chi connectivity index (χ1n) is 14.6. The first-order chi connectivity index (χ1) is 15.6. The molecule has 3 aliphatic carbocycles. The number of allylic oxidation sites excluding steroid dienone is 4. The van der Waals surface area contributed by atoms with Crippen molar-refractivity contribution in [3.63, 3.8) is 0 Å². The van der Waals surface area contributed by atoms with Crippen molar-refractivity contribution >= 4 is 15.8 Å². The van der Waals surface area contributed by atoms with E-state index in [1.54, 1.807) is 51.4 Å². The maximum atomic E-state index is 2.52. The van der Waals surface area contributed by atoms with Gasteiger partial charge in [0.1, 0.15) is 0 Å². The van der Waals surface area contributed by atoms with E-state index in [9.17, 15) is 0 Å². The van der Waals surface area contributed by atoms with Gasteiger partial charge in [-0.1, -0.05) is 24.3 Å². The molecule has 4 atom stereocenters. The molecule has 4 fully saturated rings. The van der Waals surface area contributed by atoms with Gasteiger partial charge < -0.3 is 29.7 Å². The summed E-state index contributed by atoms with van der Waals surface area (Å²) in [7, 11) is 0.110. The summed E-state index contributed by atoms with van der Waals surface area (Å²) in [6.07, 6.45) is 32.7. The Morgan fingerprint density at radius 1 is 0.421 bits per heavy atom. The minimum absolute atomic E-state index is 0. The van der Waals surface area contributed by atoms with Crippen LogP contribution in [0.15, 0.2) is 24.3 Å². The second kappa shape index (κ2) is 26.1. The molecule has 5 aliphatic rings. The molecule has 2 heterocycles. The van der Waals surface area contributed by atoms with Gasteiger partial charge >= 0.3 is 36.5 Å². The van der Waals surface area contributed by atoms with E-state index >= 15 is 0 Å². The Hall–Kier alpha value is 1.48. The van der Waals surface area contributed by atoms with Crippen LogP contribution in [-0.2, 0) is 36.5 Å². The van der Waals surface area contributed by atoms with Crippen molar-refractivity contribution in [2.24, 2.45) is 0 Å². The third-order valence-electron chi connectivity index (χ3n) is 9.33. The van der Waals surface area contributed by atoms with E-state index < -0.39 is 0 Å². The van der Waals surface area contributed by atoms with Gasteiger partial charge in [-0.3, -0.25) is 0 Å². The standard InChI is InChI=1S/2C11H21P.C8H12.4CH3.Fe.Rh/c2*1-9-7-8-10(2)12(9)11-5-3-4-6-11;1-2-4-6-8-7-5-3-1;;;;;;/h2*9-11H,3-8H2,1-2H3;1-2,7-8H,3-6H2;4*1H3;;/q;;;4*-1;+2;+3/p+2/b;;2-1-,8-7-;;;;;;/t2*9-,10-;;;;;;;/m00......./s1. The molecule has 0 aromatic rings. The van der Waals surface area contributed by atoms with E-state index in [1.807, 2.05) is 0 Å². The fourth-order valence-corrected chi connectivity index (χ4v) is 16.9. The van der Waals surface area contributed by atoms with E-state index in [0.717, 1.165) is 22.6 Å². The van der Waals surface area contributed by atoms with Crippen molar-refractivity contribution in [1.82, 2.24) is 0 Å². The van der Waals surface area contributed by atoms with Gasteiger partial charge in [-0.2, -0.15) is 0 Å². The molecule has 0 spiro atoms. The zero-order valence-corrected chi connectivity index (χ0v) is 31.5. The van der Waals surface area contributed by atoms with Gasteiger partial charge in [-0.15, -0.1) is 0 Å². The average Bonchev–Trinajstić information content (AvgIpc) is 3.53. The molecule has 5 rings (SSSR count). The number of hydrogen-bond acceptors (Lipinski definition) is 0. The van der Waals surface area contributed by atoms with E-state index in [4.69, 9.17) is 0 Å². The molecule has 0 N–H and O–H groups in total. The SMILES string of the molecule is C1=C\CC/C=C\CC/1.C[C@H]1CC[C@H](C)[PH+]1C1CCCC1.C[C@H]1CC[C@H](C)[PH+]1C1CCCC1.[CH3-].[CH3-].[CH3-].[CH3-].[Fe+2].[Rh+3]. The molecule has 2 saturated heterocycles. The third kappa shape index (κ3) is 15.1. The van der Waals surface area contributed by atoms with Crippen molar-refractivity contribution in [2.75, 3.05) is 0 Å². The predicted molar refractivity (Wildman–Crippen MR) is 180 cm³/mol. The van der Waals surface area contributed by atoms with Crippen molar-refractivity contribution in [3.05, 3.63) is 54.0 Å². The molecule has 0 amide bonds. The largest absolute Gasteiger partial charge is 3.00 e. The van der Waals surface area contributed by atoms with Crippen LogP contribution >= 0.6 is 15.8 Å². The second-order valence-corrected chi connectivity index (χ2v) is 19.4. The predicted octanol–water partition coefficient (Wildman–Crippen LogP) is 11.9.